The van der Waals surface area contributed by atoms with Gasteiger partial charge in [-0.15, -0.1) is 9.39 Å². The van der Waals surface area contributed by atoms with Gasteiger partial charge in [0.15, 0.2) is 0 Å². The van der Waals surface area contributed by atoms with Gasteiger partial charge in [0.25, 0.3) is 0 Å². The fraction of sp³-hybridized carbons (Fsp3) is 0.667. The quantitative estimate of drug-likeness (QED) is 0.508. The first-order valence-corrected chi connectivity index (χ1v) is 12.5. The Morgan fingerprint density at radius 2 is 1.81 bits per heavy atom. The molecule has 3 heteroatoms. The topological polar surface area (TPSA) is 21.3 Å². The van der Waals surface area contributed by atoms with E-state index >= 15 is 0 Å². The first kappa shape index (κ1) is 22.5. The molecule has 2 nitrogen and oxygen atoms in total. The van der Waals surface area contributed by atoms with Crippen molar-refractivity contribution in [3.05, 3.63) is 29.8 Å². The molecule has 154 valence electrons. The second-order valence-corrected chi connectivity index (χ2v) is 12.0. The van der Waals surface area contributed by atoms with E-state index in [1.165, 1.54) is 42.6 Å². The molecule has 1 heterocycles. The van der Waals surface area contributed by atoms with Crippen molar-refractivity contribution in [2.45, 2.75) is 77.2 Å². The molecule has 27 heavy (non-hydrogen) atoms. The Hall–Kier alpha value is -0.770. The highest BCUT2D eigenvalue weighted by atomic mass is 32.2. The Morgan fingerprint density at radius 1 is 1.15 bits per heavy atom. The van der Waals surface area contributed by atoms with Crippen LogP contribution in [0.3, 0.4) is 0 Å². The largest absolute Gasteiger partial charge is 0.376 e. The summed E-state index contributed by atoms with van der Waals surface area (Å²) < 4.78 is 9.67. The molecule has 1 aliphatic rings. The molecule has 2 unspecified atom stereocenters. The molecule has 0 aliphatic carbocycles. The average Bonchev–Trinajstić information content (AvgIpc) is 2.57. The summed E-state index contributed by atoms with van der Waals surface area (Å²) in [5.74, 6) is 11.1. The summed E-state index contributed by atoms with van der Waals surface area (Å²) in [6.45, 7) is 13.2. The fourth-order valence-corrected chi connectivity index (χ4v) is 5.50. The van der Waals surface area contributed by atoms with E-state index in [9.17, 15) is 0 Å². The van der Waals surface area contributed by atoms with Gasteiger partial charge in [-0.3, -0.25) is 4.72 Å². The third-order valence-electron chi connectivity index (χ3n) is 5.88. The van der Waals surface area contributed by atoms with Crippen LogP contribution in [0.5, 0.6) is 0 Å². The number of hydrogen-bond donors (Lipinski definition) is 1. The van der Waals surface area contributed by atoms with Gasteiger partial charge in [-0.1, -0.05) is 49.7 Å². The van der Waals surface area contributed by atoms with Gasteiger partial charge in [0.1, 0.15) is 0 Å². The van der Waals surface area contributed by atoms with Crippen LogP contribution in [0.15, 0.2) is 29.2 Å². The lowest BCUT2D eigenvalue weighted by Gasteiger charge is -2.39. The van der Waals surface area contributed by atoms with E-state index in [1.54, 1.807) is 0 Å². The zero-order chi connectivity index (χ0) is 20.1. The van der Waals surface area contributed by atoms with Crippen molar-refractivity contribution in [1.29, 1.82) is 0 Å². The minimum atomic E-state index is -1.43. The van der Waals surface area contributed by atoms with Gasteiger partial charge in [0.05, 0.1) is 5.60 Å². The number of nitrogens with one attached hydrogen (secondary N) is 1. The van der Waals surface area contributed by atoms with Crippen molar-refractivity contribution >= 4 is 21.1 Å². The molecule has 1 saturated heterocycles. The van der Waals surface area contributed by atoms with E-state index in [0.717, 1.165) is 30.9 Å². The first-order chi connectivity index (χ1) is 12.6. The van der Waals surface area contributed by atoms with Gasteiger partial charge in [-0.2, -0.15) is 0 Å². The molecular formula is C24H41NOS. The predicted molar refractivity (Wildman–Crippen MR) is 124 cm³/mol. The van der Waals surface area contributed by atoms with Crippen LogP contribution >= 0.6 is 9.39 Å². The zero-order valence-electron chi connectivity index (χ0n) is 18.2. The van der Waals surface area contributed by atoms with E-state index < -0.39 is 9.39 Å². The number of benzene rings is 1. The lowest BCUT2D eigenvalue weighted by Crippen LogP contribution is -2.37. The number of rotatable bonds is 9. The van der Waals surface area contributed by atoms with Crippen molar-refractivity contribution < 1.29 is 4.74 Å². The van der Waals surface area contributed by atoms with Gasteiger partial charge in [0.2, 0.25) is 0 Å². The highest BCUT2D eigenvalue weighted by Crippen LogP contribution is 2.37. The molecule has 2 atom stereocenters. The molecule has 0 radical (unpaired) electrons. The summed E-state index contributed by atoms with van der Waals surface area (Å²) in [6, 6.07) is 8.67. The summed E-state index contributed by atoms with van der Waals surface area (Å²) in [5.41, 5.74) is 1.31. The third-order valence-corrected chi connectivity index (χ3v) is 7.81. The maximum Gasteiger partial charge on any atom is 0.0629 e. The first-order valence-electron chi connectivity index (χ1n) is 10.5. The molecule has 1 fully saturated rings. The normalized spacial score (nSPS) is 21.3. The Morgan fingerprint density at radius 3 is 2.41 bits per heavy atom. The van der Waals surface area contributed by atoms with E-state index in [2.05, 4.69) is 75.3 Å². The summed E-state index contributed by atoms with van der Waals surface area (Å²) >= 11 is 0. The maximum absolute atomic E-state index is 5.97. The van der Waals surface area contributed by atoms with Crippen LogP contribution in [0.1, 0.15) is 65.4 Å². The van der Waals surface area contributed by atoms with Gasteiger partial charge < -0.3 is 4.74 Å². The van der Waals surface area contributed by atoms with Crippen molar-refractivity contribution in [3.8, 4) is 0 Å². The predicted octanol–water partition coefficient (Wildman–Crippen LogP) is 6.17. The van der Waals surface area contributed by atoms with Gasteiger partial charge in [0, 0.05) is 18.0 Å². The standard InChI is InChI=1S/C24H41NOS/c1-19(2)8-11-21(22-15-17-26-24(4,5)18-22)14-16-25-27(6,7)23-12-9-20(3)10-13-23/h9-10,12-13,19,21-22,25H,6-8,11,14-18H2,1-5H3. The van der Waals surface area contributed by atoms with Gasteiger partial charge in [-0.25, -0.2) is 0 Å². The van der Waals surface area contributed by atoms with Crippen LogP contribution in [0.25, 0.3) is 0 Å². The maximum atomic E-state index is 5.97. The molecule has 1 N–H and O–H groups in total. The van der Waals surface area contributed by atoms with Crippen molar-refractivity contribution in [2.75, 3.05) is 13.2 Å². The molecule has 0 aromatic heterocycles. The van der Waals surface area contributed by atoms with Gasteiger partial charge in [-0.05, 0) is 76.3 Å². The molecular weight excluding hydrogens is 350 g/mol. The third kappa shape index (κ3) is 7.29. The van der Waals surface area contributed by atoms with Crippen LogP contribution in [0.2, 0.25) is 0 Å². The van der Waals surface area contributed by atoms with Crippen molar-refractivity contribution in [2.24, 2.45) is 17.8 Å². The summed E-state index contributed by atoms with van der Waals surface area (Å²) in [5, 5.41) is 0. The lowest BCUT2D eigenvalue weighted by molar-refractivity contribution is -0.0839. The van der Waals surface area contributed by atoms with Gasteiger partial charge >= 0.3 is 0 Å². The van der Waals surface area contributed by atoms with Crippen LogP contribution < -0.4 is 4.72 Å². The summed E-state index contributed by atoms with van der Waals surface area (Å²) in [4.78, 5) is 1.24. The fourth-order valence-electron chi connectivity index (χ4n) is 4.17. The van der Waals surface area contributed by atoms with E-state index in [-0.39, 0.29) is 5.60 Å². The van der Waals surface area contributed by atoms with Crippen molar-refractivity contribution in [3.63, 3.8) is 0 Å². The van der Waals surface area contributed by atoms with Crippen LogP contribution in [0.4, 0.5) is 0 Å². The Kier molecular flexibility index (Phi) is 8.03. The second-order valence-electron chi connectivity index (χ2n) is 9.47. The van der Waals surface area contributed by atoms with Crippen LogP contribution in [-0.4, -0.2) is 30.5 Å². The monoisotopic (exact) mass is 391 g/mol. The molecule has 0 saturated carbocycles. The second kappa shape index (κ2) is 9.62. The Balaban J connectivity index is 1.97. The average molecular weight is 392 g/mol. The van der Waals surface area contributed by atoms with E-state index in [1.807, 2.05) is 0 Å². The highest BCUT2D eigenvalue weighted by molar-refractivity contribution is 8.26. The highest BCUT2D eigenvalue weighted by Gasteiger charge is 2.33. The molecule has 0 spiro atoms. The summed E-state index contributed by atoms with van der Waals surface area (Å²) in [7, 11) is -1.43. The van der Waals surface area contributed by atoms with E-state index in [0.29, 0.717) is 0 Å². The minimum Gasteiger partial charge on any atom is -0.376 e. The summed E-state index contributed by atoms with van der Waals surface area (Å²) in [6.07, 6.45) is 6.23. The Labute approximate surface area is 168 Å². The smallest absolute Gasteiger partial charge is 0.0629 e. The zero-order valence-corrected chi connectivity index (χ0v) is 19.0. The molecule has 1 aliphatic heterocycles. The molecule has 0 bridgehead atoms. The SMILES string of the molecule is C=S(=C)(NCCC(CCC(C)C)C1CCOC(C)(C)C1)c1ccc(C)cc1. The number of ether oxygens (including phenoxy) is 1. The van der Waals surface area contributed by atoms with Crippen LogP contribution in [0, 0.1) is 24.7 Å². The molecule has 0 amide bonds. The number of aryl methyl sites for hydroxylation is 1. The molecule has 1 aromatic rings. The minimum absolute atomic E-state index is 0.0297. The number of hydrogen-bond acceptors (Lipinski definition) is 2. The molecule has 1 aromatic carbocycles. The molecule has 2 rings (SSSR count). The van der Waals surface area contributed by atoms with Crippen LogP contribution in [-0.2, 0) is 4.74 Å². The van der Waals surface area contributed by atoms with E-state index in [4.69, 9.17) is 4.74 Å². The Bertz CT molecular complexity index is 673. The van der Waals surface area contributed by atoms with Crippen molar-refractivity contribution in [1.82, 2.24) is 4.72 Å². The lowest BCUT2D eigenvalue weighted by atomic mass is 9.76.